The summed E-state index contributed by atoms with van der Waals surface area (Å²) in [5, 5.41) is 0. The van der Waals surface area contributed by atoms with E-state index in [1.165, 1.54) is 18.7 Å². The lowest BCUT2D eigenvalue weighted by Crippen LogP contribution is -2.45. The van der Waals surface area contributed by atoms with E-state index in [1.54, 1.807) is 0 Å². The van der Waals surface area contributed by atoms with Gasteiger partial charge in [-0.05, 0) is 24.0 Å². The van der Waals surface area contributed by atoms with Crippen molar-refractivity contribution in [2.24, 2.45) is 5.92 Å². The molecule has 0 spiro atoms. The van der Waals surface area contributed by atoms with Gasteiger partial charge >= 0.3 is 0 Å². The highest BCUT2D eigenvalue weighted by molar-refractivity contribution is 5.42. The Hall–Kier alpha value is -1.05. The Morgan fingerprint density at radius 1 is 1.46 bits per heavy atom. The zero-order valence-electron chi connectivity index (χ0n) is 8.33. The van der Waals surface area contributed by atoms with Crippen molar-refractivity contribution in [1.29, 1.82) is 0 Å². The molecule has 0 radical (unpaired) electrons. The Labute approximate surface area is 79.6 Å². The van der Waals surface area contributed by atoms with Crippen molar-refractivity contribution in [3.8, 4) is 0 Å². The van der Waals surface area contributed by atoms with Gasteiger partial charge in [0.25, 0.3) is 0 Å². The largest absolute Gasteiger partial charge is 0.356 e. The first-order chi connectivity index (χ1) is 6.29. The van der Waals surface area contributed by atoms with Crippen LogP contribution in [0.3, 0.4) is 0 Å². The summed E-state index contributed by atoms with van der Waals surface area (Å²) < 4.78 is 0. The third kappa shape index (κ3) is 1.67. The molecular weight excluding hydrogens is 160 g/mol. The monoisotopic (exact) mass is 176 g/mol. The van der Waals surface area contributed by atoms with Crippen LogP contribution in [-0.4, -0.2) is 18.1 Å². The van der Waals surface area contributed by atoms with E-state index in [9.17, 15) is 0 Å². The van der Waals surface area contributed by atoms with E-state index < -0.39 is 0 Å². The molecule has 0 N–H and O–H groups in total. The van der Waals surface area contributed by atoms with Crippen LogP contribution in [0.15, 0.2) is 18.3 Å². The number of pyridine rings is 1. The number of aryl methyl sites for hydroxylation is 1. The van der Waals surface area contributed by atoms with E-state index in [-0.39, 0.29) is 0 Å². The van der Waals surface area contributed by atoms with Gasteiger partial charge in [-0.15, -0.1) is 0 Å². The lowest BCUT2D eigenvalue weighted by atomic mass is 10.0. The molecule has 0 saturated carbocycles. The van der Waals surface area contributed by atoms with Gasteiger partial charge in [-0.1, -0.05) is 19.9 Å². The van der Waals surface area contributed by atoms with Crippen LogP contribution in [0, 0.1) is 5.92 Å². The van der Waals surface area contributed by atoms with E-state index in [0.29, 0.717) is 0 Å². The Morgan fingerprint density at radius 2 is 2.23 bits per heavy atom. The molecule has 0 unspecified atom stereocenters. The number of hydrogen-bond acceptors (Lipinski definition) is 2. The minimum Gasteiger partial charge on any atom is -0.356 e. The first-order valence-corrected chi connectivity index (χ1v) is 4.99. The van der Waals surface area contributed by atoms with E-state index in [0.717, 1.165) is 18.2 Å². The molecule has 2 rings (SSSR count). The first kappa shape index (κ1) is 8.54. The van der Waals surface area contributed by atoms with Gasteiger partial charge in [-0.2, -0.15) is 0 Å². The Bertz CT molecular complexity index is 273. The van der Waals surface area contributed by atoms with Gasteiger partial charge in [0, 0.05) is 19.3 Å². The average molecular weight is 176 g/mol. The molecule has 70 valence electrons. The molecule has 1 aliphatic heterocycles. The summed E-state index contributed by atoms with van der Waals surface area (Å²) in [7, 11) is 0. The van der Waals surface area contributed by atoms with Crippen molar-refractivity contribution in [2.45, 2.75) is 20.3 Å². The highest BCUT2D eigenvalue weighted by Crippen LogP contribution is 2.21. The predicted molar refractivity (Wildman–Crippen MR) is 55.0 cm³/mol. The molecular formula is C11H16N2. The van der Waals surface area contributed by atoms with Gasteiger partial charge in [0.2, 0.25) is 0 Å². The van der Waals surface area contributed by atoms with Crippen LogP contribution in [0.2, 0.25) is 0 Å². The minimum atomic E-state index is 0.840. The fourth-order valence-corrected chi connectivity index (χ4v) is 1.70. The summed E-state index contributed by atoms with van der Waals surface area (Å²) in [6.07, 6.45) is 3.06. The molecule has 0 amide bonds. The van der Waals surface area contributed by atoms with Crippen LogP contribution < -0.4 is 4.90 Å². The molecule has 1 fully saturated rings. The average Bonchev–Trinajstić information content (AvgIpc) is 2.13. The summed E-state index contributed by atoms with van der Waals surface area (Å²) in [5.41, 5.74) is 1.32. The van der Waals surface area contributed by atoms with Crippen molar-refractivity contribution >= 4 is 5.82 Å². The van der Waals surface area contributed by atoms with Gasteiger partial charge in [0.15, 0.2) is 0 Å². The second-order valence-corrected chi connectivity index (χ2v) is 3.89. The molecule has 1 aliphatic rings. The zero-order valence-corrected chi connectivity index (χ0v) is 8.33. The second kappa shape index (κ2) is 3.36. The fourth-order valence-electron chi connectivity index (χ4n) is 1.70. The lowest BCUT2D eigenvalue weighted by Gasteiger charge is -2.38. The third-order valence-electron chi connectivity index (χ3n) is 2.61. The van der Waals surface area contributed by atoms with Crippen LogP contribution in [0.1, 0.15) is 19.4 Å². The summed E-state index contributed by atoms with van der Waals surface area (Å²) >= 11 is 0. The van der Waals surface area contributed by atoms with Crippen LogP contribution in [0.5, 0.6) is 0 Å². The van der Waals surface area contributed by atoms with Gasteiger partial charge in [-0.25, -0.2) is 4.98 Å². The van der Waals surface area contributed by atoms with Crippen LogP contribution in [0.25, 0.3) is 0 Å². The van der Waals surface area contributed by atoms with Crippen LogP contribution >= 0.6 is 0 Å². The molecule has 0 atom stereocenters. The van der Waals surface area contributed by atoms with Crippen molar-refractivity contribution in [1.82, 2.24) is 4.98 Å². The van der Waals surface area contributed by atoms with Crippen molar-refractivity contribution in [3.63, 3.8) is 0 Å². The van der Waals surface area contributed by atoms with Crippen molar-refractivity contribution in [2.75, 3.05) is 18.0 Å². The Kier molecular flexibility index (Phi) is 2.21. The van der Waals surface area contributed by atoms with Crippen LogP contribution in [0.4, 0.5) is 5.82 Å². The molecule has 0 bridgehead atoms. The Balaban J connectivity index is 2.06. The van der Waals surface area contributed by atoms with Gasteiger partial charge in [0.1, 0.15) is 5.82 Å². The molecule has 2 nitrogen and oxygen atoms in total. The van der Waals surface area contributed by atoms with E-state index in [1.807, 2.05) is 6.20 Å². The normalized spacial score (nSPS) is 17.2. The molecule has 1 saturated heterocycles. The maximum atomic E-state index is 4.43. The highest BCUT2D eigenvalue weighted by atomic mass is 15.2. The second-order valence-electron chi connectivity index (χ2n) is 3.89. The maximum Gasteiger partial charge on any atom is 0.128 e. The van der Waals surface area contributed by atoms with E-state index in [4.69, 9.17) is 0 Å². The summed E-state index contributed by atoms with van der Waals surface area (Å²) in [4.78, 5) is 6.76. The third-order valence-corrected chi connectivity index (χ3v) is 2.61. The van der Waals surface area contributed by atoms with Gasteiger partial charge < -0.3 is 4.90 Å². The van der Waals surface area contributed by atoms with Gasteiger partial charge in [-0.3, -0.25) is 0 Å². The lowest BCUT2D eigenvalue weighted by molar-refractivity contribution is 0.443. The van der Waals surface area contributed by atoms with Crippen molar-refractivity contribution < 1.29 is 0 Å². The highest BCUT2D eigenvalue weighted by Gasteiger charge is 2.23. The SMILES string of the molecule is CCc1ccc(N2CC(C)C2)nc1. The summed E-state index contributed by atoms with van der Waals surface area (Å²) in [5.74, 6) is 1.97. The number of anilines is 1. The molecule has 0 aromatic carbocycles. The predicted octanol–water partition coefficient (Wildman–Crippen LogP) is 2.10. The first-order valence-electron chi connectivity index (χ1n) is 4.99. The van der Waals surface area contributed by atoms with Gasteiger partial charge in [0.05, 0.1) is 0 Å². The Morgan fingerprint density at radius 3 is 2.69 bits per heavy atom. The topological polar surface area (TPSA) is 16.1 Å². The number of rotatable bonds is 2. The minimum absolute atomic E-state index is 0.840. The van der Waals surface area contributed by atoms with E-state index >= 15 is 0 Å². The smallest absolute Gasteiger partial charge is 0.128 e. The molecule has 2 heteroatoms. The molecule has 0 aliphatic carbocycles. The molecule has 1 aromatic heterocycles. The fraction of sp³-hybridized carbons (Fsp3) is 0.545. The van der Waals surface area contributed by atoms with Crippen LogP contribution in [-0.2, 0) is 6.42 Å². The summed E-state index contributed by atoms with van der Waals surface area (Å²) in [6, 6.07) is 4.30. The zero-order chi connectivity index (χ0) is 9.26. The van der Waals surface area contributed by atoms with Crippen molar-refractivity contribution in [3.05, 3.63) is 23.9 Å². The number of aromatic nitrogens is 1. The maximum absolute atomic E-state index is 4.43. The quantitative estimate of drug-likeness (QED) is 0.686. The molecule has 2 heterocycles. The standard InChI is InChI=1S/C11H16N2/c1-3-10-4-5-11(12-6-10)13-7-9(2)8-13/h4-6,9H,3,7-8H2,1-2H3. The molecule has 13 heavy (non-hydrogen) atoms. The number of nitrogens with zero attached hydrogens (tertiary/aromatic N) is 2. The number of hydrogen-bond donors (Lipinski definition) is 0. The summed E-state index contributed by atoms with van der Waals surface area (Å²) in [6.45, 7) is 6.76. The molecule has 1 aromatic rings. The van der Waals surface area contributed by atoms with E-state index in [2.05, 4.69) is 35.9 Å².